The lowest BCUT2D eigenvalue weighted by Crippen LogP contribution is -2.57. The minimum Gasteiger partial charge on any atom is -0.481 e. The van der Waals surface area contributed by atoms with Crippen molar-refractivity contribution in [2.75, 3.05) is 7.05 Å². The van der Waals surface area contributed by atoms with E-state index in [1.165, 1.54) is 4.90 Å². The Bertz CT molecular complexity index is 1970. The summed E-state index contributed by atoms with van der Waals surface area (Å²) in [6.07, 6.45) is 1.08. The minimum atomic E-state index is -1.36. The average molecular weight is 680 g/mol. The first-order chi connectivity index (χ1) is 23.5. The lowest BCUT2D eigenvalue weighted by Gasteiger charge is -2.29. The fraction of sp³-hybridized carbons (Fsp3) is 0.216. The Hall–Kier alpha value is -5.75. The summed E-state index contributed by atoms with van der Waals surface area (Å²) in [7, 11) is 1.56. The summed E-state index contributed by atoms with van der Waals surface area (Å²) in [6, 6.07) is 20.5. The quantitative estimate of drug-likeness (QED) is 0.0961. The fourth-order valence-electron chi connectivity index (χ4n) is 5.73. The number of hydrogen-bond acceptors (Lipinski definition) is 6. The van der Waals surface area contributed by atoms with E-state index in [0.29, 0.717) is 5.56 Å². The van der Waals surface area contributed by atoms with Gasteiger partial charge in [-0.25, -0.2) is 0 Å². The number of H-pyrrole nitrogens is 1. The molecule has 4 amide bonds. The van der Waals surface area contributed by atoms with Gasteiger partial charge in [0.1, 0.15) is 18.5 Å². The van der Waals surface area contributed by atoms with E-state index in [4.69, 9.17) is 5.11 Å². The summed E-state index contributed by atoms with van der Waals surface area (Å²) in [5.41, 5.74) is 11.1. The Labute approximate surface area is 287 Å². The Kier molecular flexibility index (Phi) is 10.9. The van der Waals surface area contributed by atoms with E-state index in [2.05, 4.69) is 21.2 Å². The smallest absolute Gasteiger partial charge is 0.312 e. The number of hydrazine groups is 1. The van der Waals surface area contributed by atoms with Crippen molar-refractivity contribution in [1.82, 2.24) is 26.1 Å². The number of thiophene rings is 1. The molecule has 12 heteroatoms. The van der Waals surface area contributed by atoms with Crippen LogP contribution >= 0.6 is 11.3 Å². The molecule has 0 saturated heterocycles. The van der Waals surface area contributed by atoms with E-state index in [1.807, 2.05) is 85.3 Å². The molecular formula is C37H37N5O6S. The first kappa shape index (κ1) is 34.6. The third kappa shape index (κ3) is 8.79. The number of carbonyl (C=O) groups excluding carboxylic acids is 4. The van der Waals surface area contributed by atoms with Gasteiger partial charge in [-0.2, -0.15) is 11.3 Å². The second-order valence-electron chi connectivity index (χ2n) is 12.0. The number of aromatic amines is 1. The van der Waals surface area contributed by atoms with Gasteiger partial charge in [-0.05, 0) is 71.1 Å². The Balaban J connectivity index is 1.44. The number of likely N-dealkylation sites (N-methyl/N-ethyl adjacent to an activating group) is 1. The van der Waals surface area contributed by atoms with Crippen molar-refractivity contribution >= 4 is 51.8 Å². The normalized spacial score (nSPS) is 12.1. The highest BCUT2D eigenvalue weighted by Crippen LogP contribution is 2.24. The Morgan fingerprint density at radius 2 is 1.57 bits per heavy atom. The molecule has 0 saturated carbocycles. The van der Waals surface area contributed by atoms with Crippen molar-refractivity contribution in [2.45, 2.75) is 45.2 Å². The second-order valence-corrected chi connectivity index (χ2v) is 12.7. The van der Waals surface area contributed by atoms with Gasteiger partial charge in [0.2, 0.25) is 11.8 Å². The van der Waals surface area contributed by atoms with E-state index < -0.39 is 42.2 Å². The first-order valence-electron chi connectivity index (χ1n) is 15.6. The molecule has 5 N–H and O–H groups in total. The SMILES string of the molecule is Cc1cc(C)cc(C(=O)N(C)[C@H](Cc2ccc(-c3ccsc3)cc2)C(=O)N[C@@H](Cc2c[nH]c3ccccc23)C(=O)NNC(=O)CC(=O)O)c1. The molecular weight excluding hydrogens is 643 g/mol. The monoisotopic (exact) mass is 679 g/mol. The van der Waals surface area contributed by atoms with Crippen LogP contribution in [0.3, 0.4) is 0 Å². The van der Waals surface area contributed by atoms with Crippen molar-refractivity contribution < 1.29 is 29.1 Å². The molecule has 2 atom stereocenters. The second kappa shape index (κ2) is 15.4. The molecule has 5 rings (SSSR count). The van der Waals surface area contributed by atoms with E-state index in [9.17, 15) is 24.0 Å². The Morgan fingerprint density at radius 1 is 0.857 bits per heavy atom. The van der Waals surface area contributed by atoms with Gasteiger partial charge in [0.25, 0.3) is 11.8 Å². The molecule has 2 heterocycles. The highest BCUT2D eigenvalue weighted by Gasteiger charge is 2.32. The Morgan fingerprint density at radius 3 is 2.24 bits per heavy atom. The van der Waals surface area contributed by atoms with Gasteiger partial charge >= 0.3 is 5.97 Å². The number of carboxylic acid groups (broad SMARTS) is 1. The number of fused-ring (bicyclic) bond motifs is 1. The maximum Gasteiger partial charge on any atom is 0.312 e. The van der Waals surface area contributed by atoms with E-state index in [1.54, 1.807) is 36.7 Å². The van der Waals surface area contributed by atoms with E-state index in [0.717, 1.165) is 44.3 Å². The molecule has 0 unspecified atom stereocenters. The summed E-state index contributed by atoms with van der Waals surface area (Å²) in [6.45, 7) is 3.79. The van der Waals surface area contributed by atoms with Crippen molar-refractivity contribution in [3.05, 3.63) is 118 Å². The number of rotatable bonds is 12. The predicted octanol–water partition coefficient (Wildman–Crippen LogP) is 4.55. The number of amides is 4. The largest absolute Gasteiger partial charge is 0.481 e. The summed E-state index contributed by atoms with van der Waals surface area (Å²) < 4.78 is 0. The van der Waals surface area contributed by atoms with Crippen LogP contribution in [0.15, 0.2) is 89.8 Å². The molecule has 5 aromatic rings. The van der Waals surface area contributed by atoms with Gasteiger partial charge in [0, 0.05) is 42.6 Å². The van der Waals surface area contributed by atoms with Gasteiger partial charge in [-0.1, -0.05) is 59.7 Å². The first-order valence-corrected chi connectivity index (χ1v) is 16.6. The van der Waals surface area contributed by atoms with Crippen LogP contribution in [0.1, 0.15) is 39.0 Å². The maximum atomic E-state index is 14.2. The number of carboxylic acids is 1. The number of hydrogen-bond donors (Lipinski definition) is 5. The number of aromatic nitrogens is 1. The van der Waals surface area contributed by atoms with Crippen molar-refractivity contribution in [1.29, 1.82) is 0 Å². The summed E-state index contributed by atoms with van der Waals surface area (Å²) >= 11 is 1.60. The topological polar surface area (TPSA) is 161 Å². The molecule has 0 aliphatic rings. The molecule has 3 aromatic carbocycles. The van der Waals surface area contributed by atoms with Crippen LogP contribution in [0, 0.1) is 13.8 Å². The lowest BCUT2D eigenvalue weighted by molar-refractivity contribution is -0.142. The van der Waals surface area contributed by atoms with Crippen LogP contribution in [0.5, 0.6) is 0 Å². The van der Waals surface area contributed by atoms with Crippen molar-refractivity contribution in [2.24, 2.45) is 0 Å². The highest BCUT2D eigenvalue weighted by atomic mass is 32.1. The zero-order valence-corrected chi connectivity index (χ0v) is 28.1. The number of aryl methyl sites for hydroxylation is 2. The van der Waals surface area contributed by atoms with Gasteiger partial charge in [0.15, 0.2) is 0 Å². The third-order valence-corrected chi connectivity index (χ3v) is 8.85. The van der Waals surface area contributed by atoms with Crippen molar-refractivity contribution in [3.8, 4) is 11.1 Å². The minimum absolute atomic E-state index is 0.0349. The number of aliphatic carboxylic acids is 1. The molecule has 0 aliphatic heterocycles. The summed E-state index contributed by atoms with van der Waals surface area (Å²) in [5.74, 6) is -4.00. The number of carbonyl (C=O) groups is 5. The van der Waals surface area contributed by atoms with Crippen LogP contribution in [0.4, 0.5) is 0 Å². The van der Waals surface area contributed by atoms with Crippen LogP contribution in [-0.2, 0) is 32.0 Å². The molecule has 0 spiro atoms. The lowest BCUT2D eigenvalue weighted by atomic mass is 9.99. The average Bonchev–Trinajstić information content (AvgIpc) is 3.76. The molecule has 2 aromatic heterocycles. The summed E-state index contributed by atoms with van der Waals surface area (Å²) in [4.78, 5) is 69.1. The van der Waals surface area contributed by atoms with Gasteiger partial charge in [-0.3, -0.25) is 34.8 Å². The maximum absolute atomic E-state index is 14.2. The number of nitrogens with one attached hydrogen (secondary N) is 4. The third-order valence-electron chi connectivity index (χ3n) is 8.17. The number of para-hydroxylation sites is 1. The fourth-order valence-corrected chi connectivity index (χ4v) is 6.40. The van der Waals surface area contributed by atoms with Crippen LogP contribution in [0.2, 0.25) is 0 Å². The van der Waals surface area contributed by atoms with Crippen LogP contribution in [-0.4, -0.2) is 63.7 Å². The van der Waals surface area contributed by atoms with Gasteiger partial charge in [-0.15, -0.1) is 0 Å². The zero-order chi connectivity index (χ0) is 35.1. The zero-order valence-electron chi connectivity index (χ0n) is 27.3. The van der Waals surface area contributed by atoms with Gasteiger partial charge < -0.3 is 20.3 Å². The predicted molar refractivity (Wildman–Crippen MR) is 188 cm³/mol. The number of nitrogens with zero attached hydrogens (tertiary/aromatic N) is 1. The van der Waals surface area contributed by atoms with Crippen LogP contribution < -0.4 is 16.2 Å². The molecule has 0 bridgehead atoms. The molecule has 252 valence electrons. The standard InChI is InChI=1S/C37H37N5O6S/c1-22-14-23(2)16-27(15-22)37(48)42(3)32(17-24-8-10-25(11-9-24)26-12-13-49-21-26)36(47)39-31(35(46)41-40-33(43)19-34(44)45)18-28-20-38-30-7-5-4-6-29(28)30/h4-16,20-21,31-32,38H,17-19H2,1-3H3,(H,39,47)(H,40,43)(H,41,46)(H,44,45)/t31-,32+/m0/s1. The summed E-state index contributed by atoms with van der Waals surface area (Å²) in [5, 5.41) is 16.6. The highest BCUT2D eigenvalue weighted by molar-refractivity contribution is 7.08. The van der Waals surface area contributed by atoms with Crippen LogP contribution in [0.25, 0.3) is 22.0 Å². The van der Waals surface area contributed by atoms with Gasteiger partial charge in [0.05, 0.1) is 0 Å². The molecule has 0 aliphatic carbocycles. The molecule has 0 fully saturated rings. The van der Waals surface area contributed by atoms with Crippen molar-refractivity contribution in [3.63, 3.8) is 0 Å². The van der Waals surface area contributed by atoms with E-state index in [-0.39, 0.29) is 18.7 Å². The molecule has 0 radical (unpaired) electrons. The van der Waals surface area contributed by atoms with E-state index >= 15 is 0 Å². The molecule has 11 nitrogen and oxygen atoms in total. The number of benzene rings is 3. The molecule has 49 heavy (non-hydrogen) atoms.